The third kappa shape index (κ3) is 4.82. The lowest BCUT2D eigenvalue weighted by atomic mass is 9.86. The monoisotopic (exact) mass is 363 g/mol. The lowest BCUT2D eigenvalue weighted by Gasteiger charge is -2.28. The Bertz CT molecular complexity index is 619. The molecule has 144 valence electrons. The summed E-state index contributed by atoms with van der Waals surface area (Å²) in [5.41, 5.74) is 5.73. The van der Waals surface area contributed by atoms with E-state index in [0.717, 1.165) is 45.1 Å². The maximum Gasteiger partial charge on any atom is 0.254 e. The van der Waals surface area contributed by atoms with Crippen molar-refractivity contribution in [3.63, 3.8) is 0 Å². The van der Waals surface area contributed by atoms with Crippen LogP contribution in [0.3, 0.4) is 0 Å². The minimum Gasteiger partial charge on any atom is -0.393 e. The van der Waals surface area contributed by atoms with Crippen LogP contribution >= 0.6 is 0 Å². The van der Waals surface area contributed by atoms with E-state index in [1.807, 2.05) is 0 Å². The molecule has 2 atom stereocenters. The zero-order chi connectivity index (χ0) is 18.5. The van der Waals surface area contributed by atoms with E-state index in [-0.39, 0.29) is 17.7 Å². The molecule has 0 unspecified atom stereocenters. The highest BCUT2D eigenvalue weighted by Gasteiger charge is 2.25. The third-order valence-electron chi connectivity index (χ3n) is 5.38. The number of ether oxygens (including phenoxy) is 1. The molecule has 0 saturated heterocycles. The fourth-order valence-electron chi connectivity index (χ4n) is 3.92. The number of aliphatic hydroxyl groups excluding tert-OH is 1. The van der Waals surface area contributed by atoms with Crippen LogP contribution in [0.25, 0.3) is 0 Å². The molecule has 1 heterocycles. The van der Waals surface area contributed by atoms with Crippen LogP contribution in [0, 0.1) is 5.92 Å². The van der Waals surface area contributed by atoms with Crippen LogP contribution in [0.15, 0.2) is 6.20 Å². The van der Waals surface area contributed by atoms with Crippen LogP contribution in [0.4, 0.5) is 11.8 Å². The van der Waals surface area contributed by atoms with Crippen LogP contribution < -0.4 is 16.4 Å². The van der Waals surface area contributed by atoms with E-state index >= 15 is 0 Å². The maximum absolute atomic E-state index is 11.7. The Morgan fingerprint density at radius 2 is 1.96 bits per heavy atom. The van der Waals surface area contributed by atoms with E-state index in [9.17, 15) is 9.90 Å². The first-order chi connectivity index (χ1) is 12.5. The summed E-state index contributed by atoms with van der Waals surface area (Å²) >= 11 is 0. The Balaban J connectivity index is 1.64. The molecular formula is C18H29N5O3. The number of nitrogens with one attached hydrogen (secondary N) is 2. The number of amides is 1. The highest BCUT2D eigenvalue weighted by molar-refractivity contribution is 5.97. The van der Waals surface area contributed by atoms with E-state index in [2.05, 4.69) is 20.6 Å². The first kappa shape index (κ1) is 18.8. The summed E-state index contributed by atoms with van der Waals surface area (Å²) in [6.45, 7) is 0.817. The molecule has 8 heteroatoms. The molecule has 2 aliphatic rings. The molecule has 2 aliphatic carbocycles. The Labute approximate surface area is 153 Å². The zero-order valence-corrected chi connectivity index (χ0v) is 15.3. The number of nitrogens with zero attached hydrogens (tertiary/aromatic N) is 2. The summed E-state index contributed by atoms with van der Waals surface area (Å²) in [6.07, 6.45) is 7.76. The van der Waals surface area contributed by atoms with Crippen molar-refractivity contribution in [1.29, 1.82) is 0 Å². The van der Waals surface area contributed by atoms with Gasteiger partial charge in [-0.2, -0.15) is 4.98 Å². The van der Waals surface area contributed by atoms with Crippen LogP contribution in [-0.2, 0) is 4.74 Å². The molecular weight excluding hydrogens is 334 g/mol. The highest BCUT2D eigenvalue weighted by Crippen LogP contribution is 2.27. The number of nitrogens with two attached hydrogens (primary N) is 1. The normalized spacial score (nSPS) is 28.7. The Morgan fingerprint density at radius 1 is 1.23 bits per heavy atom. The average Bonchev–Trinajstić information content (AvgIpc) is 3.02. The van der Waals surface area contributed by atoms with Gasteiger partial charge in [0.1, 0.15) is 5.82 Å². The summed E-state index contributed by atoms with van der Waals surface area (Å²) in [5, 5.41) is 16.3. The van der Waals surface area contributed by atoms with Gasteiger partial charge in [0.2, 0.25) is 5.95 Å². The van der Waals surface area contributed by atoms with Crippen molar-refractivity contribution in [3.8, 4) is 0 Å². The van der Waals surface area contributed by atoms with Gasteiger partial charge in [0.25, 0.3) is 5.91 Å². The summed E-state index contributed by atoms with van der Waals surface area (Å²) in [4.78, 5) is 20.4. The van der Waals surface area contributed by atoms with E-state index in [4.69, 9.17) is 10.5 Å². The molecule has 0 aliphatic heterocycles. The van der Waals surface area contributed by atoms with Gasteiger partial charge in [-0.3, -0.25) is 4.79 Å². The van der Waals surface area contributed by atoms with E-state index in [1.54, 1.807) is 7.11 Å². The summed E-state index contributed by atoms with van der Waals surface area (Å²) in [7, 11) is 1.75. The fraction of sp³-hybridized carbons (Fsp3) is 0.722. The molecule has 8 nitrogen and oxygen atoms in total. The lowest BCUT2D eigenvalue weighted by Crippen LogP contribution is -2.29. The molecule has 3 rings (SSSR count). The van der Waals surface area contributed by atoms with Crippen molar-refractivity contribution in [2.75, 3.05) is 24.4 Å². The number of methoxy groups -OCH3 is 1. The van der Waals surface area contributed by atoms with Crippen LogP contribution in [0.1, 0.15) is 55.3 Å². The van der Waals surface area contributed by atoms with Gasteiger partial charge in [-0.25, -0.2) is 4.98 Å². The van der Waals surface area contributed by atoms with Crippen molar-refractivity contribution in [1.82, 2.24) is 9.97 Å². The van der Waals surface area contributed by atoms with Crippen molar-refractivity contribution in [3.05, 3.63) is 11.8 Å². The van der Waals surface area contributed by atoms with Gasteiger partial charge >= 0.3 is 0 Å². The van der Waals surface area contributed by atoms with Gasteiger partial charge < -0.3 is 26.2 Å². The molecule has 1 aromatic heterocycles. The minimum atomic E-state index is -0.558. The molecule has 0 aromatic carbocycles. The van der Waals surface area contributed by atoms with Crippen molar-refractivity contribution < 1.29 is 14.6 Å². The molecule has 2 saturated carbocycles. The molecule has 2 fully saturated rings. The minimum absolute atomic E-state index is 0.0929. The van der Waals surface area contributed by atoms with Gasteiger partial charge in [-0.05, 0) is 50.9 Å². The fourth-order valence-corrected chi connectivity index (χ4v) is 3.92. The number of primary amides is 1. The topological polar surface area (TPSA) is 122 Å². The molecule has 0 radical (unpaired) electrons. The predicted molar refractivity (Wildman–Crippen MR) is 99.1 cm³/mol. The van der Waals surface area contributed by atoms with Crippen LogP contribution in [0.5, 0.6) is 0 Å². The van der Waals surface area contributed by atoms with E-state index < -0.39 is 5.91 Å². The molecule has 5 N–H and O–H groups in total. The highest BCUT2D eigenvalue weighted by atomic mass is 16.5. The smallest absolute Gasteiger partial charge is 0.254 e. The number of hydrogen-bond donors (Lipinski definition) is 4. The number of carbonyl (C=O) groups is 1. The first-order valence-electron chi connectivity index (χ1n) is 9.42. The number of carbonyl (C=O) groups excluding carboxylic acids is 1. The Morgan fingerprint density at radius 3 is 2.58 bits per heavy atom. The maximum atomic E-state index is 11.7. The van der Waals surface area contributed by atoms with Gasteiger partial charge in [0.05, 0.1) is 11.7 Å². The quantitative estimate of drug-likeness (QED) is 0.579. The Hall–Kier alpha value is -1.93. The number of aliphatic hydroxyl groups is 1. The molecule has 1 amide bonds. The van der Waals surface area contributed by atoms with E-state index in [0.29, 0.717) is 30.1 Å². The van der Waals surface area contributed by atoms with Gasteiger partial charge in [-0.1, -0.05) is 0 Å². The second-order valence-corrected chi connectivity index (χ2v) is 7.45. The summed E-state index contributed by atoms with van der Waals surface area (Å²) < 4.78 is 5.24. The van der Waals surface area contributed by atoms with Crippen molar-refractivity contribution in [2.45, 2.75) is 63.1 Å². The summed E-state index contributed by atoms with van der Waals surface area (Å²) in [5.74, 6) is 1.02. The molecule has 0 spiro atoms. The second kappa shape index (κ2) is 8.64. The number of hydrogen-bond acceptors (Lipinski definition) is 7. The van der Waals surface area contributed by atoms with Gasteiger partial charge in [0, 0.05) is 32.0 Å². The molecule has 1 aromatic rings. The standard InChI is InChI=1S/C18H29N5O3/c1-26-10-11-2-4-12(5-3-11)22-18-20-9-15(16(19)25)17(23-18)21-13-6-7-14(24)8-13/h9,11-14,24H,2-8,10H2,1H3,(H2,19,25)(H2,20,21,22,23)/t11?,12?,13-,14+/m0/s1. The average molecular weight is 363 g/mol. The number of aromatic nitrogens is 2. The van der Waals surface area contributed by atoms with Crippen LogP contribution in [0.2, 0.25) is 0 Å². The molecule has 0 bridgehead atoms. The van der Waals surface area contributed by atoms with Crippen molar-refractivity contribution >= 4 is 17.7 Å². The number of rotatable bonds is 7. The SMILES string of the molecule is COCC1CCC(Nc2ncc(C(N)=O)c(N[C@H]3CC[C@@H](O)C3)n2)CC1. The Kier molecular flexibility index (Phi) is 6.26. The summed E-state index contributed by atoms with van der Waals surface area (Å²) in [6, 6.07) is 0.416. The third-order valence-corrected chi connectivity index (χ3v) is 5.38. The van der Waals surface area contributed by atoms with Crippen molar-refractivity contribution in [2.24, 2.45) is 11.7 Å². The second-order valence-electron chi connectivity index (χ2n) is 7.45. The largest absolute Gasteiger partial charge is 0.393 e. The van der Waals surface area contributed by atoms with E-state index in [1.165, 1.54) is 6.20 Å². The zero-order valence-electron chi connectivity index (χ0n) is 15.3. The van der Waals surface area contributed by atoms with Crippen LogP contribution in [-0.4, -0.2) is 52.9 Å². The lowest BCUT2D eigenvalue weighted by molar-refractivity contribution is 0.100. The molecule has 26 heavy (non-hydrogen) atoms. The predicted octanol–water partition coefficient (Wildman–Crippen LogP) is 1.52. The first-order valence-corrected chi connectivity index (χ1v) is 9.42. The number of anilines is 2. The van der Waals surface area contributed by atoms with Gasteiger partial charge in [0.15, 0.2) is 0 Å². The van der Waals surface area contributed by atoms with Gasteiger partial charge in [-0.15, -0.1) is 0 Å².